The second kappa shape index (κ2) is 9.61. The Morgan fingerprint density at radius 3 is 2.86 bits per heavy atom. The minimum absolute atomic E-state index is 0. The maximum Gasteiger partial charge on any atom is 0.237 e. The van der Waals surface area contributed by atoms with E-state index in [0.29, 0.717) is 31.9 Å². The van der Waals surface area contributed by atoms with Gasteiger partial charge in [-0.15, -0.1) is 24.2 Å². The number of carbonyl (C=O) groups is 2. The molecule has 154 valence electrons. The highest BCUT2D eigenvalue weighted by atomic mass is 35.5. The van der Waals surface area contributed by atoms with Crippen molar-refractivity contribution in [3.05, 3.63) is 59.9 Å². The van der Waals surface area contributed by atoms with E-state index in [4.69, 9.17) is 0 Å². The van der Waals surface area contributed by atoms with E-state index < -0.39 is 0 Å². The summed E-state index contributed by atoms with van der Waals surface area (Å²) in [5, 5.41) is 3.28. The molecule has 2 aliphatic rings. The van der Waals surface area contributed by atoms with Crippen molar-refractivity contribution in [2.75, 3.05) is 36.8 Å². The number of carbonyl (C=O) groups excluding carboxylic acids is 2. The van der Waals surface area contributed by atoms with Gasteiger partial charge in [0.15, 0.2) is 0 Å². The van der Waals surface area contributed by atoms with Crippen LogP contribution in [0.15, 0.2) is 53.4 Å². The van der Waals surface area contributed by atoms with Crippen LogP contribution in [-0.4, -0.2) is 48.6 Å². The lowest BCUT2D eigenvalue weighted by atomic mass is 10.0. The third-order valence-corrected chi connectivity index (χ3v) is 6.20. The normalized spacial score (nSPS) is 18.8. The van der Waals surface area contributed by atoms with Crippen LogP contribution >= 0.6 is 24.2 Å². The standard InChI is InChI=1S/C21H22FN3O2S.ClH/c22-16-5-3-4-15(12-16)18-13-23-9-11-25(18)20(26)8-10-24-17-6-1-2-7-19(17)28-14-21(24)27;/h1-7,12,18,23H,8-11,13-14H2;1H. The van der Waals surface area contributed by atoms with E-state index in [9.17, 15) is 14.0 Å². The van der Waals surface area contributed by atoms with Crippen molar-refractivity contribution in [1.29, 1.82) is 0 Å². The monoisotopic (exact) mass is 435 g/mol. The Kier molecular flexibility index (Phi) is 7.16. The van der Waals surface area contributed by atoms with E-state index in [1.807, 2.05) is 30.3 Å². The lowest BCUT2D eigenvalue weighted by molar-refractivity contribution is -0.134. The maximum atomic E-state index is 13.7. The Morgan fingerprint density at radius 2 is 2.03 bits per heavy atom. The molecule has 5 nitrogen and oxygen atoms in total. The predicted molar refractivity (Wildman–Crippen MR) is 115 cm³/mol. The molecular weight excluding hydrogens is 413 g/mol. The van der Waals surface area contributed by atoms with Gasteiger partial charge in [-0.05, 0) is 29.8 Å². The first kappa shape index (κ1) is 21.6. The molecule has 1 atom stereocenters. The maximum absolute atomic E-state index is 13.7. The van der Waals surface area contributed by atoms with Crippen LogP contribution in [0.2, 0.25) is 0 Å². The Hall–Kier alpha value is -2.09. The van der Waals surface area contributed by atoms with Crippen molar-refractivity contribution >= 4 is 41.7 Å². The molecule has 0 aliphatic carbocycles. The molecule has 1 fully saturated rings. The fourth-order valence-electron chi connectivity index (χ4n) is 3.76. The Morgan fingerprint density at radius 1 is 1.21 bits per heavy atom. The minimum Gasteiger partial charge on any atom is -0.333 e. The fraction of sp³-hybridized carbons (Fsp3) is 0.333. The van der Waals surface area contributed by atoms with E-state index in [-0.39, 0.29) is 42.5 Å². The molecule has 8 heteroatoms. The zero-order valence-corrected chi connectivity index (χ0v) is 17.5. The average molecular weight is 436 g/mol. The Balaban J connectivity index is 0.00000240. The zero-order chi connectivity index (χ0) is 19.5. The molecule has 2 aromatic carbocycles. The first-order valence-electron chi connectivity index (χ1n) is 9.41. The van der Waals surface area contributed by atoms with Crippen LogP contribution in [0.5, 0.6) is 0 Å². The highest BCUT2D eigenvalue weighted by Gasteiger charge is 2.30. The summed E-state index contributed by atoms with van der Waals surface area (Å²) < 4.78 is 13.7. The Bertz CT molecular complexity index is 898. The molecule has 4 rings (SSSR count). The molecule has 2 aliphatic heterocycles. The smallest absolute Gasteiger partial charge is 0.237 e. The van der Waals surface area contributed by atoms with Gasteiger partial charge in [0, 0.05) is 37.5 Å². The molecule has 2 heterocycles. The van der Waals surface area contributed by atoms with Gasteiger partial charge in [-0.1, -0.05) is 24.3 Å². The third kappa shape index (κ3) is 4.74. The summed E-state index contributed by atoms with van der Waals surface area (Å²) >= 11 is 1.53. The van der Waals surface area contributed by atoms with Crippen molar-refractivity contribution in [3.63, 3.8) is 0 Å². The lowest BCUT2D eigenvalue weighted by Gasteiger charge is -2.37. The number of amides is 2. The number of hydrogen-bond acceptors (Lipinski definition) is 4. The molecule has 0 spiro atoms. The molecule has 0 radical (unpaired) electrons. The number of halogens is 2. The van der Waals surface area contributed by atoms with Gasteiger partial charge >= 0.3 is 0 Å². The van der Waals surface area contributed by atoms with Crippen LogP contribution in [0.4, 0.5) is 10.1 Å². The highest BCUT2D eigenvalue weighted by Crippen LogP contribution is 2.35. The van der Waals surface area contributed by atoms with E-state index in [1.54, 1.807) is 15.9 Å². The number of nitrogens with one attached hydrogen (secondary N) is 1. The van der Waals surface area contributed by atoms with Crippen LogP contribution in [0.3, 0.4) is 0 Å². The summed E-state index contributed by atoms with van der Waals surface area (Å²) in [6.45, 7) is 2.23. The first-order chi connectivity index (χ1) is 13.6. The summed E-state index contributed by atoms with van der Waals surface area (Å²) in [5.74, 6) is 0.103. The molecule has 1 saturated heterocycles. The number of para-hydroxylation sites is 1. The second-order valence-electron chi connectivity index (χ2n) is 6.91. The van der Waals surface area contributed by atoms with Crippen LogP contribution in [0.1, 0.15) is 18.0 Å². The van der Waals surface area contributed by atoms with Crippen molar-refractivity contribution in [2.24, 2.45) is 0 Å². The van der Waals surface area contributed by atoms with Crippen LogP contribution in [-0.2, 0) is 9.59 Å². The molecule has 0 bridgehead atoms. The highest BCUT2D eigenvalue weighted by molar-refractivity contribution is 8.00. The van der Waals surface area contributed by atoms with E-state index in [0.717, 1.165) is 16.1 Å². The molecule has 0 saturated carbocycles. The van der Waals surface area contributed by atoms with Gasteiger partial charge in [0.25, 0.3) is 0 Å². The quantitative estimate of drug-likeness (QED) is 0.801. The number of anilines is 1. The van der Waals surface area contributed by atoms with Gasteiger partial charge in [0.2, 0.25) is 11.8 Å². The first-order valence-corrected chi connectivity index (χ1v) is 10.4. The summed E-state index contributed by atoms with van der Waals surface area (Å²) in [6.07, 6.45) is 0.247. The van der Waals surface area contributed by atoms with Gasteiger partial charge in [-0.3, -0.25) is 9.59 Å². The summed E-state index contributed by atoms with van der Waals surface area (Å²) in [4.78, 5) is 30.0. The molecule has 1 N–H and O–H groups in total. The third-order valence-electron chi connectivity index (χ3n) is 5.15. The van der Waals surface area contributed by atoms with Crippen molar-refractivity contribution in [2.45, 2.75) is 17.4 Å². The summed E-state index contributed by atoms with van der Waals surface area (Å²) in [7, 11) is 0. The lowest BCUT2D eigenvalue weighted by Crippen LogP contribution is -2.49. The number of nitrogens with zero attached hydrogens (tertiary/aromatic N) is 2. The largest absolute Gasteiger partial charge is 0.333 e. The van der Waals surface area contributed by atoms with Crippen LogP contribution < -0.4 is 10.2 Å². The Labute approximate surface area is 180 Å². The number of benzene rings is 2. The molecule has 2 aromatic rings. The SMILES string of the molecule is Cl.O=C1CSc2ccccc2N1CCC(=O)N1CCNCC1c1cccc(F)c1. The molecule has 0 aromatic heterocycles. The number of piperazine rings is 1. The van der Waals surface area contributed by atoms with Crippen LogP contribution in [0, 0.1) is 5.82 Å². The predicted octanol–water partition coefficient (Wildman–Crippen LogP) is 3.25. The fourth-order valence-corrected chi connectivity index (χ4v) is 4.70. The van der Waals surface area contributed by atoms with E-state index in [2.05, 4.69) is 5.32 Å². The minimum atomic E-state index is -0.302. The number of hydrogen-bond donors (Lipinski definition) is 1. The van der Waals surface area contributed by atoms with E-state index in [1.165, 1.54) is 23.9 Å². The molecule has 29 heavy (non-hydrogen) atoms. The molecule has 1 unspecified atom stereocenters. The van der Waals surface area contributed by atoms with Crippen LogP contribution in [0.25, 0.3) is 0 Å². The zero-order valence-electron chi connectivity index (χ0n) is 15.8. The van der Waals surface area contributed by atoms with Gasteiger partial charge in [0.05, 0.1) is 17.5 Å². The van der Waals surface area contributed by atoms with Gasteiger partial charge < -0.3 is 15.1 Å². The topological polar surface area (TPSA) is 52.7 Å². The second-order valence-corrected chi connectivity index (χ2v) is 7.93. The average Bonchev–Trinajstić information content (AvgIpc) is 2.73. The van der Waals surface area contributed by atoms with Gasteiger partial charge in [0.1, 0.15) is 5.82 Å². The van der Waals surface area contributed by atoms with E-state index >= 15 is 0 Å². The number of fused-ring (bicyclic) bond motifs is 1. The van der Waals surface area contributed by atoms with Gasteiger partial charge in [-0.25, -0.2) is 4.39 Å². The molecule has 2 amide bonds. The number of rotatable bonds is 4. The van der Waals surface area contributed by atoms with Gasteiger partial charge in [-0.2, -0.15) is 0 Å². The number of thioether (sulfide) groups is 1. The molecular formula is C21H23ClFN3O2S. The van der Waals surface area contributed by atoms with Crippen molar-refractivity contribution in [3.8, 4) is 0 Å². The summed E-state index contributed by atoms with van der Waals surface area (Å²) in [5.41, 5.74) is 1.66. The van der Waals surface area contributed by atoms with Crippen molar-refractivity contribution < 1.29 is 14.0 Å². The van der Waals surface area contributed by atoms with Crippen molar-refractivity contribution in [1.82, 2.24) is 10.2 Å². The summed E-state index contributed by atoms with van der Waals surface area (Å²) in [6, 6.07) is 14.0.